The van der Waals surface area contributed by atoms with Gasteiger partial charge < -0.3 is 20.1 Å². The van der Waals surface area contributed by atoms with E-state index in [1.54, 1.807) is 4.90 Å². The number of rotatable bonds is 3. The number of hydrogen-bond donors (Lipinski definition) is 2. The molecule has 2 N–H and O–H groups in total. The normalized spacial score (nSPS) is 26.0. The highest BCUT2D eigenvalue weighted by Gasteiger charge is 2.39. The van der Waals surface area contributed by atoms with Crippen LogP contribution in [-0.2, 0) is 9.53 Å². The van der Waals surface area contributed by atoms with Gasteiger partial charge in [-0.3, -0.25) is 4.79 Å². The van der Waals surface area contributed by atoms with Crippen molar-refractivity contribution in [3.63, 3.8) is 0 Å². The Kier molecular flexibility index (Phi) is 5.45. The SMILES string of the molecule is CC1CN(C(=O)NCC2(C(=O)O)CCCCCC2)CCO1. The standard InChI is InChI=1S/C15H26N2O4/c1-12-10-17(8-9-21-12)14(20)16-11-15(13(18)19)6-4-2-3-5-7-15/h12H,2-11H2,1H3,(H,16,20)(H,18,19). The van der Waals surface area contributed by atoms with Crippen molar-refractivity contribution in [3.8, 4) is 0 Å². The number of nitrogens with one attached hydrogen (secondary N) is 1. The van der Waals surface area contributed by atoms with E-state index in [1.807, 2.05) is 6.92 Å². The maximum atomic E-state index is 12.2. The molecule has 2 aliphatic rings. The van der Waals surface area contributed by atoms with Crippen molar-refractivity contribution in [3.05, 3.63) is 0 Å². The van der Waals surface area contributed by atoms with Crippen LogP contribution in [0.25, 0.3) is 0 Å². The Hall–Kier alpha value is -1.30. The molecule has 1 aliphatic carbocycles. The summed E-state index contributed by atoms with van der Waals surface area (Å²) in [6.07, 6.45) is 5.38. The van der Waals surface area contributed by atoms with Gasteiger partial charge in [0.25, 0.3) is 0 Å². The van der Waals surface area contributed by atoms with Crippen LogP contribution in [0.1, 0.15) is 45.4 Å². The third kappa shape index (κ3) is 4.09. The van der Waals surface area contributed by atoms with Gasteiger partial charge in [-0.15, -0.1) is 0 Å². The molecule has 6 heteroatoms. The number of carbonyl (C=O) groups excluding carboxylic acids is 1. The summed E-state index contributed by atoms with van der Waals surface area (Å²) in [6.45, 7) is 3.83. The molecule has 0 bridgehead atoms. The van der Waals surface area contributed by atoms with Crippen molar-refractivity contribution in [2.45, 2.75) is 51.6 Å². The number of hydrogen-bond acceptors (Lipinski definition) is 3. The molecule has 0 aromatic rings. The Morgan fingerprint density at radius 3 is 2.52 bits per heavy atom. The maximum Gasteiger partial charge on any atom is 0.317 e. The Balaban J connectivity index is 1.91. The highest BCUT2D eigenvalue weighted by atomic mass is 16.5. The number of carboxylic acids is 1. The highest BCUT2D eigenvalue weighted by molar-refractivity contribution is 5.78. The van der Waals surface area contributed by atoms with Crippen molar-refractivity contribution < 1.29 is 19.4 Å². The molecule has 1 atom stereocenters. The van der Waals surface area contributed by atoms with Crippen LogP contribution >= 0.6 is 0 Å². The summed E-state index contributed by atoms with van der Waals surface area (Å²) in [7, 11) is 0. The zero-order chi connectivity index (χ0) is 15.3. The monoisotopic (exact) mass is 298 g/mol. The Morgan fingerprint density at radius 1 is 1.29 bits per heavy atom. The van der Waals surface area contributed by atoms with Gasteiger partial charge in [0.1, 0.15) is 0 Å². The number of nitrogens with zero attached hydrogens (tertiary/aromatic N) is 1. The van der Waals surface area contributed by atoms with E-state index in [0.29, 0.717) is 32.5 Å². The van der Waals surface area contributed by atoms with Gasteiger partial charge in [0.15, 0.2) is 0 Å². The first-order chi connectivity index (χ1) is 10.0. The van der Waals surface area contributed by atoms with E-state index in [9.17, 15) is 14.7 Å². The van der Waals surface area contributed by atoms with Crippen molar-refractivity contribution >= 4 is 12.0 Å². The van der Waals surface area contributed by atoms with Gasteiger partial charge in [-0.1, -0.05) is 25.7 Å². The van der Waals surface area contributed by atoms with Gasteiger partial charge in [-0.2, -0.15) is 0 Å². The molecule has 2 rings (SSSR count). The van der Waals surface area contributed by atoms with Gasteiger partial charge in [0.2, 0.25) is 0 Å². The Bertz CT molecular complexity index is 378. The number of aliphatic carboxylic acids is 1. The largest absolute Gasteiger partial charge is 0.481 e. The van der Waals surface area contributed by atoms with Crippen molar-refractivity contribution in [2.75, 3.05) is 26.2 Å². The lowest BCUT2D eigenvalue weighted by molar-refractivity contribution is -0.149. The first-order valence-electron chi connectivity index (χ1n) is 7.91. The second-order valence-electron chi connectivity index (χ2n) is 6.29. The summed E-state index contributed by atoms with van der Waals surface area (Å²) in [5.74, 6) is -0.778. The average Bonchev–Trinajstić information content (AvgIpc) is 2.71. The van der Waals surface area contributed by atoms with E-state index >= 15 is 0 Å². The smallest absolute Gasteiger partial charge is 0.317 e. The van der Waals surface area contributed by atoms with Gasteiger partial charge in [0, 0.05) is 19.6 Å². The predicted octanol–water partition coefficient (Wildman–Crippen LogP) is 1.84. The number of carboxylic acid groups (broad SMARTS) is 1. The molecular formula is C15H26N2O4. The molecule has 6 nitrogen and oxygen atoms in total. The number of carbonyl (C=O) groups is 2. The summed E-state index contributed by atoms with van der Waals surface area (Å²) in [5, 5.41) is 12.4. The van der Waals surface area contributed by atoms with Crippen LogP contribution in [0.4, 0.5) is 4.79 Å². The highest BCUT2D eigenvalue weighted by Crippen LogP contribution is 2.34. The van der Waals surface area contributed by atoms with E-state index in [2.05, 4.69) is 5.32 Å². The molecule has 1 saturated carbocycles. The van der Waals surface area contributed by atoms with Crippen LogP contribution in [0.5, 0.6) is 0 Å². The first kappa shape index (κ1) is 16.1. The zero-order valence-electron chi connectivity index (χ0n) is 12.8. The molecule has 0 radical (unpaired) electrons. The molecule has 0 spiro atoms. The molecule has 120 valence electrons. The van der Waals surface area contributed by atoms with Crippen LogP contribution in [-0.4, -0.2) is 54.4 Å². The van der Waals surface area contributed by atoms with E-state index in [4.69, 9.17) is 4.74 Å². The summed E-state index contributed by atoms with van der Waals surface area (Å²) in [5.41, 5.74) is -0.788. The second-order valence-corrected chi connectivity index (χ2v) is 6.29. The minimum Gasteiger partial charge on any atom is -0.481 e. The number of morpholine rings is 1. The van der Waals surface area contributed by atoms with Gasteiger partial charge >= 0.3 is 12.0 Å². The van der Waals surface area contributed by atoms with Crippen LogP contribution in [0.2, 0.25) is 0 Å². The number of ether oxygens (including phenoxy) is 1. The quantitative estimate of drug-likeness (QED) is 0.779. The van der Waals surface area contributed by atoms with Crippen LogP contribution in [0.15, 0.2) is 0 Å². The van der Waals surface area contributed by atoms with E-state index in [-0.39, 0.29) is 18.7 Å². The zero-order valence-corrected chi connectivity index (χ0v) is 12.8. The predicted molar refractivity (Wildman–Crippen MR) is 78.2 cm³/mol. The fourth-order valence-electron chi connectivity index (χ4n) is 3.23. The molecule has 2 fully saturated rings. The van der Waals surface area contributed by atoms with Crippen molar-refractivity contribution in [1.82, 2.24) is 10.2 Å². The van der Waals surface area contributed by atoms with Crippen LogP contribution < -0.4 is 5.32 Å². The average molecular weight is 298 g/mol. The topological polar surface area (TPSA) is 78.9 Å². The molecule has 1 heterocycles. The van der Waals surface area contributed by atoms with Crippen LogP contribution in [0, 0.1) is 5.41 Å². The minimum atomic E-state index is -0.788. The lowest BCUT2D eigenvalue weighted by atomic mass is 9.80. The second kappa shape index (κ2) is 7.11. The van der Waals surface area contributed by atoms with Gasteiger partial charge in [0.05, 0.1) is 18.1 Å². The van der Waals surface area contributed by atoms with Crippen LogP contribution in [0.3, 0.4) is 0 Å². The third-order valence-corrected chi connectivity index (χ3v) is 4.62. The van der Waals surface area contributed by atoms with Crippen molar-refractivity contribution in [2.24, 2.45) is 5.41 Å². The Labute approximate surface area is 125 Å². The van der Waals surface area contributed by atoms with E-state index < -0.39 is 11.4 Å². The summed E-state index contributed by atoms with van der Waals surface area (Å²) >= 11 is 0. The fourth-order valence-corrected chi connectivity index (χ4v) is 3.23. The molecule has 1 unspecified atom stereocenters. The third-order valence-electron chi connectivity index (χ3n) is 4.62. The number of amides is 2. The molecule has 1 saturated heterocycles. The molecule has 0 aromatic heterocycles. The van der Waals surface area contributed by atoms with E-state index in [1.165, 1.54) is 0 Å². The van der Waals surface area contributed by atoms with E-state index in [0.717, 1.165) is 25.7 Å². The van der Waals surface area contributed by atoms with Gasteiger partial charge in [-0.05, 0) is 19.8 Å². The summed E-state index contributed by atoms with van der Waals surface area (Å²) < 4.78 is 5.41. The fraction of sp³-hybridized carbons (Fsp3) is 0.867. The Morgan fingerprint density at radius 2 is 1.95 bits per heavy atom. The number of urea groups is 1. The molecule has 2 amide bonds. The lowest BCUT2D eigenvalue weighted by Gasteiger charge is -2.33. The first-order valence-corrected chi connectivity index (χ1v) is 7.91. The van der Waals surface area contributed by atoms with Gasteiger partial charge in [-0.25, -0.2) is 4.79 Å². The molecule has 0 aromatic carbocycles. The lowest BCUT2D eigenvalue weighted by Crippen LogP contribution is -2.52. The molecular weight excluding hydrogens is 272 g/mol. The van der Waals surface area contributed by atoms with Crippen molar-refractivity contribution in [1.29, 1.82) is 0 Å². The summed E-state index contributed by atoms with van der Waals surface area (Å²) in [4.78, 5) is 25.6. The maximum absolute atomic E-state index is 12.2. The molecule has 1 aliphatic heterocycles. The molecule has 21 heavy (non-hydrogen) atoms. The summed E-state index contributed by atoms with van der Waals surface area (Å²) in [6, 6.07) is -0.171. The minimum absolute atomic E-state index is 0.0378.